The minimum Gasteiger partial charge on any atom is -0.457 e. The predicted molar refractivity (Wildman–Crippen MR) is 101 cm³/mol. The highest BCUT2D eigenvalue weighted by molar-refractivity contribution is 5.79. The van der Waals surface area contributed by atoms with Crippen molar-refractivity contribution in [3.63, 3.8) is 0 Å². The van der Waals surface area contributed by atoms with Crippen LogP contribution in [0.1, 0.15) is 25.3 Å². The normalized spacial score (nSPS) is 14.1. The number of benzene rings is 2. The zero-order valence-corrected chi connectivity index (χ0v) is 14.7. The van der Waals surface area contributed by atoms with Gasteiger partial charge in [-0.1, -0.05) is 18.2 Å². The summed E-state index contributed by atoms with van der Waals surface area (Å²) < 4.78 is 13.9. The smallest absolute Gasteiger partial charge is 0.248 e. The molecule has 6 nitrogen and oxygen atoms in total. The molecular formula is C21H18N4O2. The number of hydrogen-bond acceptors (Lipinski definition) is 5. The Kier molecular flexibility index (Phi) is 3.93. The molecule has 1 saturated carbocycles. The van der Waals surface area contributed by atoms with Crippen molar-refractivity contribution < 1.29 is 9.47 Å². The fourth-order valence-electron chi connectivity index (χ4n) is 3.15. The molecule has 1 aliphatic rings. The average Bonchev–Trinajstić information content (AvgIpc) is 3.08. The maximum Gasteiger partial charge on any atom is 0.248 e. The Balaban J connectivity index is 1.39. The third kappa shape index (κ3) is 3.10. The summed E-state index contributed by atoms with van der Waals surface area (Å²) in [4.78, 5) is 8.65. The van der Waals surface area contributed by atoms with Gasteiger partial charge in [0.2, 0.25) is 5.88 Å². The van der Waals surface area contributed by atoms with Gasteiger partial charge in [0, 0.05) is 0 Å². The molecule has 134 valence electrons. The third-order valence-electron chi connectivity index (χ3n) is 4.79. The van der Waals surface area contributed by atoms with Crippen LogP contribution in [-0.2, 0) is 0 Å². The summed E-state index contributed by atoms with van der Waals surface area (Å²) in [5.74, 6) is 2.77. The quantitative estimate of drug-likeness (QED) is 0.494. The Morgan fingerprint density at radius 1 is 0.815 bits per heavy atom. The van der Waals surface area contributed by atoms with E-state index in [1.807, 2.05) is 59.3 Å². The molecule has 5 rings (SSSR count). The summed E-state index contributed by atoms with van der Waals surface area (Å²) in [5, 5.41) is 4.49. The minimum absolute atomic E-state index is 0.414. The molecule has 2 aromatic carbocycles. The Bertz CT molecular complexity index is 1060. The fourth-order valence-corrected chi connectivity index (χ4v) is 3.15. The van der Waals surface area contributed by atoms with E-state index in [1.165, 1.54) is 12.7 Å². The molecule has 0 atom stereocenters. The van der Waals surface area contributed by atoms with Crippen LogP contribution in [0.3, 0.4) is 0 Å². The van der Waals surface area contributed by atoms with Crippen molar-refractivity contribution in [3.05, 3.63) is 67.1 Å². The number of aromatic nitrogens is 4. The maximum absolute atomic E-state index is 6.05. The summed E-state index contributed by atoms with van der Waals surface area (Å²) in [6, 6.07) is 17.6. The summed E-state index contributed by atoms with van der Waals surface area (Å²) in [6.07, 6.45) is 6.79. The van der Waals surface area contributed by atoms with Crippen LogP contribution in [0.4, 0.5) is 0 Å². The number of para-hydroxylation sites is 1. The van der Waals surface area contributed by atoms with Crippen LogP contribution >= 0.6 is 0 Å². The van der Waals surface area contributed by atoms with E-state index >= 15 is 0 Å². The number of nitrogens with zero attached hydrogens (tertiary/aromatic N) is 4. The van der Waals surface area contributed by atoms with E-state index in [0.717, 1.165) is 35.4 Å². The van der Waals surface area contributed by atoms with E-state index in [1.54, 1.807) is 6.20 Å². The van der Waals surface area contributed by atoms with Crippen molar-refractivity contribution in [1.82, 2.24) is 19.7 Å². The van der Waals surface area contributed by atoms with Crippen LogP contribution in [0, 0.1) is 0 Å². The molecule has 1 aliphatic carbocycles. The Morgan fingerprint density at radius 2 is 1.52 bits per heavy atom. The first-order valence-electron chi connectivity index (χ1n) is 9.06. The standard InChI is InChI=1S/C21H18N4O2/c1-2-7-16(8-3-1)26-17-9-11-18(12-10-17)27-21-20-19(22-14-23-21)13-24-25(20)15-5-4-6-15/h1-3,7-15H,4-6H2. The van der Waals surface area contributed by atoms with Crippen LogP contribution < -0.4 is 9.47 Å². The topological polar surface area (TPSA) is 62.1 Å². The van der Waals surface area contributed by atoms with E-state index in [2.05, 4.69) is 15.1 Å². The van der Waals surface area contributed by atoms with Gasteiger partial charge < -0.3 is 9.47 Å². The van der Waals surface area contributed by atoms with Crippen molar-refractivity contribution in [3.8, 4) is 23.1 Å². The molecule has 2 heterocycles. The monoisotopic (exact) mass is 358 g/mol. The maximum atomic E-state index is 6.05. The molecule has 0 saturated heterocycles. The minimum atomic E-state index is 0.414. The van der Waals surface area contributed by atoms with Gasteiger partial charge >= 0.3 is 0 Å². The SMILES string of the molecule is c1ccc(Oc2ccc(Oc3ncnc4cnn(C5CCC5)c34)cc2)cc1. The van der Waals surface area contributed by atoms with Crippen LogP contribution in [0.25, 0.3) is 11.0 Å². The second-order valence-electron chi connectivity index (χ2n) is 6.58. The number of rotatable bonds is 5. The molecule has 0 spiro atoms. The summed E-state index contributed by atoms with van der Waals surface area (Å²) in [5.41, 5.74) is 1.66. The van der Waals surface area contributed by atoms with E-state index in [4.69, 9.17) is 9.47 Å². The van der Waals surface area contributed by atoms with Gasteiger partial charge in [0.25, 0.3) is 0 Å². The average molecular weight is 358 g/mol. The Morgan fingerprint density at radius 3 is 2.22 bits per heavy atom. The highest BCUT2D eigenvalue weighted by atomic mass is 16.5. The van der Waals surface area contributed by atoms with Crippen LogP contribution in [-0.4, -0.2) is 19.7 Å². The van der Waals surface area contributed by atoms with Crippen molar-refractivity contribution in [2.45, 2.75) is 25.3 Å². The van der Waals surface area contributed by atoms with Gasteiger partial charge in [-0.05, 0) is 55.7 Å². The second kappa shape index (κ2) is 6.72. The summed E-state index contributed by atoms with van der Waals surface area (Å²) >= 11 is 0. The molecule has 0 aliphatic heterocycles. The Hall–Kier alpha value is -3.41. The van der Waals surface area contributed by atoms with Crippen molar-refractivity contribution in [1.29, 1.82) is 0 Å². The molecule has 6 heteroatoms. The molecule has 0 N–H and O–H groups in total. The zero-order chi connectivity index (χ0) is 18.1. The van der Waals surface area contributed by atoms with E-state index in [0.29, 0.717) is 17.7 Å². The third-order valence-corrected chi connectivity index (χ3v) is 4.79. The van der Waals surface area contributed by atoms with Gasteiger partial charge in [-0.15, -0.1) is 0 Å². The lowest BCUT2D eigenvalue weighted by Gasteiger charge is -2.26. The number of fused-ring (bicyclic) bond motifs is 1. The first-order valence-corrected chi connectivity index (χ1v) is 9.06. The highest BCUT2D eigenvalue weighted by Crippen LogP contribution is 2.36. The van der Waals surface area contributed by atoms with E-state index in [9.17, 15) is 0 Å². The molecule has 27 heavy (non-hydrogen) atoms. The van der Waals surface area contributed by atoms with Crippen molar-refractivity contribution in [2.75, 3.05) is 0 Å². The van der Waals surface area contributed by atoms with Gasteiger partial charge in [-0.2, -0.15) is 10.1 Å². The molecule has 2 aromatic heterocycles. The van der Waals surface area contributed by atoms with Crippen LogP contribution in [0.5, 0.6) is 23.1 Å². The van der Waals surface area contributed by atoms with Gasteiger partial charge in [-0.25, -0.2) is 4.98 Å². The number of ether oxygens (including phenoxy) is 2. The van der Waals surface area contributed by atoms with Crippen molar-refractivity contribution in [2.24, 2.45) is 0 Å². The number of hydrogen-bond donors (Lipinski definition) is 0. The summed E-state index contributed by atoms with van der Waals surface area (Å²) in [6.45, 7) is 0. The van der Waals surface area contributed by atoms with Crippen molar-refractivity contribution >= 4 is 11.0 Å². The predicted octanol–water partition coefficient (Wildman–Crippen LogP) is 5.14. The van der Waals surface area contributed by atoms with E-state index in [-0.39, 0.29) is 0 Å². The summed E-state index contributed by atoms with van der Waals surface area (Å²) in [7, 11) is 0. The zero-order valence-electron chi connectivity index (χ0n) is 14.7. The molecule has 0 radical (unpaired) electrons. The largest absolute Gasteiger partial charge is 0.457 e. The molecule has 0 amide bonds. The van der Waals surface area contributed by atoms with Crippen LogP contribution in [0.2, 0.25) is 0 Å². The van der Waals surface area contributed by atoms with Gasteiger partial charge in [0.05, 0.1) is 12.2 Å². The first-order chi connectivity index (χ1) is 13.4. The molecule has 1 fully saturated rings. The molecule has 0 unspecified atom stereocenters. The lowest BCUT2D eigenvalue weighted by Crippen LogP contribution is -2.18. The lowest BCUT2D eigenvalue weighted by molar-refractivity contribution is 0.295. The fraction of sp³-hybridized carbons (Fsp3) is 0.190. The molecule has 0 bridgehead atoms. The lowest BCUT2D eigenvalue weighted by atomic mass is 9.93. The van der Waals surface area contributed by atoms with Crippen LogP contribution in [0.15, 0.2) is 67.1 Å². The van der Waals surface area contributed by atoms with Gasteiger partial charge in [0.1, 0.15) is 34.6 Å². The second-order valence-corrected chi connectivity index (χ2v) is 6.58. The highest BCUT2D eigenvalue weighted by Gasteiger charge is 2.24. The Labute approximate surface area is 156 Å². The van der Waals surface area contributed by atoms with Gasteiger partial charge in [-0.3, -0.25) is 4.68 Å². The molecule has 4 aromatic rings. The van der Waals surface area contributed by atoms with Gasteiger partial charge in [0.15, 0.2) is 0 Å². The van der Waals surface area contributed by atoms with E-state index < -0.39 is 0 Å². The molecular weight excluding hydrogens is 340 g/mol. The first kappa shape index (κ1) is 15.8.